The highest BCUT2D eigenvalue weighted by molar-refractivity contribution is 5.76. The number of nitrogens with one attached hydrogen (secondary N) is 2. The molecule has 0 unspecified atom stereocenters. The van der Waals surface area contributed by atoms with E-state index in [1.165, 1.54) is 6.33 Å². The molecule has 2 rings (SSSR count). The maximum absolute atomic E-state index is 11.8. The summed E-state index contributed by atoms with van der Waals surface area (Å²) in [6, 6.07) is 0.964. The summed E-state index contributed by atoms with van der Waals surface area (Å²) >= 11 is 0. The molecule has 100 valence electrons. The number of carbonyl (C=O) groups is 1. The molecule has 1 aromatic rings. The number of aromatic nitrogens is 3. The highest BCUT2D eigenvalue weighted by atomic mass is 16.1. The van der Waals surface area contributed by atoms with E-state index in [0.717, 1.165) is 25.7 Å². The van der Waals surface area contributed by atoms with Crippen molar-refractivity contribution in [2.45, 2.75) is 50.7 Å². The first-order valence-electron chi connectivity index (χ1n) is 6.57. The lowest BCUT2D eigenvalue weighted by atomic mass is 9.91. The summed E-state index contributed by atoms with van der Waals surface area (Å²) in [6.45, 7) is 0.595. The Balaban J connectivity index is 1.65. The number of amides is 1. The van der Waals surface area contributed by atoms with Gasteiger partial charge in [-0.1, -0.05) is 0 Å². The van der Waals surface area contributed by atoms with Gasteiger partial charge in [-0.15, -0.1) is 0 Å². The Morgan fingerprint density at radius 2 is 2.06 bits per heavy atom. The van der Waals surface area contributed by atoms with Crippen LogP contribution in [-0.4, -0.2) is 39.8 Å². The van der Waals surface area contributed by atoms with Gasteiger partial charge in [0.05, 0.1) is 6.54 Å². The number of carbonyl (C=O) groups excluding carboxylic acids is 1. The standard InChI is InChI=1S/C12H21N5O/c1-13-10-2-4-11(5-3-10)16-12(18)6-7-17-9-14-8-15-17/h8-11,13H,2-7H2,1H3,(H,16,18). The van der Waals surface area contributed by atoms with Gasteiger partial charge in [-0.2, -0.15) is 5.10 Å². The maximum Gasteiger partial charge on any atom is 0.222 e. The van der Waals surface area contributed by atoms with E-state index in [1.807, 2.05) is 7.05 Å². The minimum absolute atomic E-state index is 0.110. The largest absolute Gasteiger partial charge is 0.353 e. The van der Waals surface area contributed by atoms with Gasteiger partial charge in [0.1, 0.15) is 12.7 Å². The third-order valence-electron chi connectivity index (χ3n) is 3.54. The summed E-state index contributed by atoms with van der Waals surface area (Å²) in [5, 5.41) is 10.4. The van der Waals surface area contributed by atoms with Crippen molar-refractivity contribution >= 4 is 5.91 Å². The molecule has 1 fully saturated rings. The lowest BCUT2D eigenvalue weighted by Crippen LogP contribution is -2.41. The first kappa shape index (κ1) is 13.0. The van der Waals surface area contributed by atoms with Crippen molar-refractivity contribution in [2.75, 3.05) is 7.05 Å². The summed E-state index contributed by atoms with van der Waals surface area (Å²) in [5.41, 5.74) is 0. The Morgan fingerprint density at radius 3 is 2.67 bits per heavy atom. The Labute approximate surface area is 107 Å². The second-order valence-electron chi connectivity index (χ2n) is 4.81. The predicted molar refractivity (Wildman–Crippen MR) is 67.9 cm³/mol. The third kappa shape index (κ3) is 3.80. The van der Waals surface area contributed by atoms with Crippen LogP contribution in [0.5, 0.6) is 0 Å². The summed E-state index contributed by atoms with van der Waals surface area (Å²) < 4.78 is 1.68. The van der Waals surface area contributed by atoms with Crippen molar-refractivity contribution in [2.24, 2.45) is 0 Å². The minimum Gasteiger partial charge on any atom is -0.353 e. The van der Waals surface area contributed by atoms with Crippen LogP contribution in [0.4, 0.5) is 0 Å². The van der Waals surface area contributed by atoms with Crippen LogP contribution in [0.2, 0.25) is 0 Å². The SMILES string of the molecule is CNC1CCC(NC(=O)CCn2cncn2)CC1. The second kappa shape index (κ2) is 6.49. The molecule has 0 spiro atoms. The molecule has 1 saturated carbocycles. The predicted octanol–water partition coefficient (Wildman–Crippen LogP) is 0.315. The van der Waals surface area contributed by atoms with Gasteiger partial charge in [-0.25, -0.2) is 4.98 Å². The average molecular weight is 251 g/mol. The molecule has 0 bridgehead atoms. The van der Waals surface area contributed by atoms with Crippen molar-refractivity contribution in [3.05, 3.63) is 12.7 Å². The van der Waals surface area contributed by atoms with Gasteiger partial charge < -0.3 is 10.6 Å². The number of rotatable bonds is 5. The van der Waals surface area contributed by atoms with Crippen LogP contribution in [0.1, 0.15) is 32.1 Å². The molecule has 6 nitrogen and oxygen atoms in total. The van der Waals surface area contributed by atoms with Gasteiger partial charge in [0.2, 0.25) is 5.91 Å². The van der Waals surface area contributed by atoms with Gasteiger partial charge in [0, 0.05) is 18.5 Å². The summed E-state index contributed by atoms with van der Waals surface area (Å²) in [7, 11) is 2.00. The van der Waals surface area contributed by atoms with Gasteiger partial charge >= 0.3 is 0 Å². The zero-order valence-electron chi connectivity index (χ0n) is 10.8. The van der Waals surface area contributed by atoms with E-state index in [2.05, 4.69) is 20.7 Å². The molecule has 0 aliphatic heterocycles. The molecule has 18 heavy (non-hydrogen) atoms. The molecule has 6 heteroatoms. The van der Waals surface area contributed by atoms with Crippen LogP contribution in [0.15, 0.2) is 12.7 Å². The van der Waals surface area contributed by atoms with E-state index in [0.29, 0.717) is 25.0 Å². The third-order valence-corrected chi connectivity index (χ3v) is 3.54. The first-order chi connectivity index (χ1) is 8.78. The Morgan fingerprint density at radius 1 is 1.33 bits per heavy atom. The minimum atomic E-state index is 0.110. The normalized spacial score (nSPS) is 23.8. The molecule has 0 atom stereocenters. The second-order valence-corrected chi connectivity index (χ2v) is 4.81. The van der Waals surface area contributed by atoms with Crippen molar-refractivity contribution in [3.63, 3.8) is 0 Å². The summed E-state index contributed by atoms with van der Waals surface area (Å²) in [6.07, 6.45) is 8.01. The van der Waals surface area contributed by atoms with Gasteiger partial charge in [0.15, 0.2) is 0 Å². The van der Waals surface area contributed by atoms with Crippen molar-refractivity contribution in [1.29, 1.82) is 0 Å². The van der Waals surface area contributed by atoms with Crippen LogP contribution in [0.3, 0.4) is 0 Å². The smallest absolute Gasteiger partial charge is 0.222 e. The van der Waals surface area contributed by atoms with Crippen LogP contribution >= 0.6 is 0 Å². The fraction of sp³-hybridized carbons (Fsp3) is 0.750. The van der Waals surface area contributed by atoms with Crippen molar-refractivity contribution < 1.29 is 4.79 Å². The summed E-state index contributed by atoms with van der Waals surface area (Å²) in [5.74, 6) is 0.110. The van der Waals surface area contributed by atoms with E-state index < -0.39 is 0 Å². The quantitative estimate of drug-likeness (QED) is 0.790. The molecular weight excluding hydrogens is 230 g/mol. The molecule has 0 radical (unpaired) electrons. The fourth-order valence-corrected chi connectivity index (χ4v) is 2.39. The molecule has 1 aliphatic rings. The van der Waals surface area contributed by atoms with Crippen LogP contribution in [0, 0.1) is 0 Å². The lowest BCUT2D eigenvalue weighted by molar-refractivity contribution is -0.122. The van der Waals surface area contributed by atoms with Gasteiger partial charge in [0.25, 0.3) is 0 Å². The average Bonchev–Trinajstić information content (AvgIpc) is 2.90. The van der Waals surface area contributed by atoms with Crippen LogP contribution < -0.4 is 10.6 Å². The number of aryl methyl sites for hydroxylation is 1. The molecule has 0 saturated heterocycles. The van der Waals surface area contributed by atoms with E-state index in [4.69, 9.17) is 0 Å². The number of hydrogen-bond donors (Lipinski definition) is 2. The van der Waals surface area contributed by atoms with Crippen LogP contribution in [0.25, 0.3) is 0 Å². The zero-order valence-corrected chi connectivity index (χ0v) is 10.8. The Kier molecular flexibility index (Phi) is 4.69. The highest BCUT2D eigenvalue weighted by Gasteiger charge is 2.20. The molecule has 1 amide bonds. The van der Waals surface area contributed by atoms with E-state index >= 15 is 0 Å². The van der Waals surface area contributed by atoms with Crippen LogP contribution in [-0.2, 0) is 11.3 Å². The number of hydrogen-bond acceptors (Lipinski definition) is 4. The molecule has 1 aliphatic carbocycles. The van der Waals surface area contributed by atoms with Crippen molar-refractivity contribution in [3.8, 4) is 0 Å². The molecule has 1 aromatic heterocycles. The molecule has 0 aromatic carbocycles. The Bertz CT molecular complexity index is 357. The zero-order chi connectivity index (χ0) is 12.8. The molecular formula is C12H21N5O. The monoisotopic (exact) mass is 251 g/mol. The van der Waals surface area contributed by atoms with E-state index in [9.17, 15) is 4.79 Å². The highest BCUT2D eigenvalue weighted by Crippen LogP contribution is 2.18. The first-order valence-corrected chi connectivity index (χ1v) is 6.57. The summed E-state index contributed by atoms with van der Waals surface area (Å²) in [4.78, 5) is 15.6. The Hall–Kier alpha value is -1.43. The van der Waals surface area contributed by atoms with E-state index in [1.54, 1.807) is 11.0 Å². The topological polar surface area (TPSA) is 71.8 Å². The number of nitrogens with zero attached hydrogens (tertiary/aromatic N) is 3. The fourth-order valence-electron chi connectivity index (χ4n) is 2.39. The van der Waals surface area contributed by atoms with E-state index in [-0.39, 0.29) is 5.91 Å². The van der Waals surface area contributed by atoms with Crippen molar-refractivity contribution in [1.82, 2.24) is 25.4 Å². The molecule has 2 N–H and O–H groups in total. The maximum atomic E-state index is 11.8. The molecule has 1 heterocycles. The van der Waals surface area contributed by atoms with Gasteiger partial charge in [-0.3, -0.25) is 9.48 Å². The van der Waals surface area contributed by atoms with Gasteiger partial charge in [-0.05, 0) is 32.7 Å². The lowest BCUT2D eigenvalue weighted by Gasteiger charge is -2.28.